The lowest BCUT2D eigenvalue weighted by Gasteiger charge is -2.06. The lowest BCUT2D eigenvalue weighted by molar-refractivity contribution is 0.145. The molecule has 0 saturated carbocycles. The standard InChI is InChI=1S/C9H12F2N2O/c1-6-2-3-8(14)7(13-6)4-12-5-9(10)11/h2-3,9,12,14H,4-5H2,1H3. The van der Waals surface area contributed by atoms with Crippen LogP contribution in [0.5, 0.6) is 5.75 Å². The number of nitrogens with one attached hydrogen (secondary N) is 1. The van der Waals surface area contributed by atoms with Gasteiger partial charge in [-0.15, -0.1) is 0 Å². The molecular formula is C9H12F2N2O. The Morgan fingerprint density at radius 3 is 2.86 bits per heavy atom. The molecule has 0 saturated heterocycles. The highest BCUT2D eigenvalue weighted by atomic mass is 19.3. The first-order valence-corrected chi connectivity index (χ1v) is 4.24. The first-order chi connectivity index (χ1) is 6.59. The Bertz CT molecular complexity index is 305. The third-order valence-electron chi connectivity index (χ3n) is 1.68. The molecule has 0 aliphatic heterocycles. The first-order valence-electron chi connectivity index (χ1n) is 4.24. The lowest BCUT2D eigenvalue weighted by Crippen LogP contribution is -2.21. The van der Waals surface area contributed by atoms with Gasteiger partial charge in [0.05, 0.1) is 12.2 Å². The predicted molar refractivity (Wildman–Crippen MR) is 48.3 cm³/mol. The van der Waals surface area contributed by atoms with Crippen LogP contribution in [-0.4, -0.2) is 23.1 Å². The SMILES string of the molecule is Cc1ccc(O)c(CNCC(F)F)n1. The van der Waals surface area contributed by atoms with Gasteiger partial charge in [-0.3, -0.25) is 4.98 Å². The van der Waals surface area contributed by atoms with Crippen molar-refractivity contribution < 1.29 is 13.9 Å². The Balaban J connectivity index is 2.53. The van der Waals surface area contributed by atoms with Gasteiger partial charge in [-0.25, -0.2) is 8.78 Å². The van der Waals surface area contributed by atoms with Crippen LogP contribution in [0, 0.1) is 6.92 Å². The van der Waals surface area contributed by atoms with Crippen molar-refractivity contribution in [2.24, 2.45) is 0 Å². The van der Waals surface area contributed by atoms with Gasteiger partial charge in [-0.1, -0.05) is 0 Å². The topological polar surface area (TPSA) is 45.1 Å². The van der Waals surface area contributed by atoms with Crippen LogP contribution in [0.2, 0.25) is 0 Å². The van der Waals surface area contributed by atoms with E-state index in [1.54, 1.807) is 13.0 Å². The second-order valence-corrected chi connectivity index (χ2v) is 2.94. The van der Waals surface area contributed by atoms with Crippen LogP contribution in [-0.2, 0) is 6.54 Å². The molecule has 0 bridgehead atoms. The predicted octanol–water partition coefficient (Wildman–Crippen LogP) is 1.45. The van der Waals surface area contributed by atoms with E-state index in [9.17, 15) is 13.9 Å². The molecule has 1 heterocycles. The molecule has 1 aromatic rings. The molecular weight excluding hydrogens is 190 g/mol. The number of halogens is 2. The van der Waals surface area contributed by atoms with Gasteiger partial charge in [-0.05, 0) is 19.1 Å². The molecule has 0 fully saturated rings. The van der Waals surface area contributed by atoms with Crippen molar-refractivity contribution in [3.05, 3.63) is 23.5 Å². The summed E-state index contributed by atoms with van der Waals surface area (Å²) in [5, 5.41) is 11.8. The Morgan fingerprint density at radius 1 is 1.50 bits per heavy atom. The normalized spacial score (nSPS) is 10.9. The van der Waals surface area contributed by atoms with Crippen molar-refractivity contribution in [3.8, 4) is 5.75 Å². The summed E-state index contributed by atoms with van der Waals surface area (Å²) in [6.45, 7) is 1.53. The molecule has 0 radical (unpaired) electrons. The van der Waals surface area contributed by atoms with E-state index in [-0.39, 0.29) is 12.3 Å². The van der Waals surface area contributed by atoms with Gasteiger partial charge in [0.1, 0.15) is 5.75 Å². The number of rotatable bonds is 4. The molecule has 14 heavy (non-hydrogen) atoms. The Morgan fingerprint density at radius 2 is 2.21 bits per heavy atom. The summed E-state index contributed by atoms with van der Waals surface area (Å²) in [7, 11) is 0. The van der Waals surface area contributed by atoms with E-state index < -0.39 is 13.0 Å². The number of nitrogens with zero attached hydrogens (tertiary/aromatic N) is 1. The number of pyridine rings is 1. The summed E-state index contributed by atoms with van der Waals surface area (Å²) in [6, 6.07) is 3.16. The molecule has 0 aliphatic carbocycles. The van der Waals surface area contributed by atoms with Gasteiger partial charge in [0, 0.05) is 12.2 Å². The molecule has 1 aromatic heterocycles. The van der Waals surface area contributed by atoms with E-state index in [0.29, 0.717) is 5.69 Å². The van der Waals surface area contributed by atoms with Crippen LogP contribution < -0.4 is 5.32 Å². The van der Waals surface area contributed by atoms with Crippen molar-refractivity contribution >= 4 is 0 Å². The van der Waals surface area contributed by atoms with Gasteiger partial charge >= 0.3 is 0 Å². The van der Waals surface area contributed by atoms with Crippen molar-refractivity contribution in [1.82, 2.24) is 10.3 Å². The monoisotopic (exact) mass is 202 g/mol. The van der Waals surface area contributed by atoms with E-state index in [1.807, 2.05) is 0 Å². The highest BCUT2D eigenvalue weighted by molar-refractivity contribution is 5.27. The number of aromatic hydroxyl groups is 1. The maximum atomic E-state index is 11.8. The summed E-state index contributed by atoms with van der Waals surface area (Å²) < 4.78 is 23.5. The summed E-state index contributed by atoms with van der Waals surface area (Å²) in [5.74, 6) is 0.0253. The summed E-state index contributed by atoms with van der Waals surface area (Å²) in [4.78, 5) is 4.01. The molecule has 0 spiro atoms. The molecule has 2 N–H and O–H groups in total. The molecule has 0 atom stereocenters. The molecule has 0 unspecified atom stereocenters. The Hall–Kier alpha value is -1.23. The van der Waals surface area contributed by atoms with Gasteiger partial charge < -0.3 is 10.4 Å². The second-order valence-electron chi connectivity index (χ2n) is 2.94. The molecule has 3 nitrogen and oxygen atoms in total. The smallest absolute Gasteiger partial charge is 0.250 e. The highest BCUT2D eigenvalue weighted by Crippen LogP contribution is 2.13. The van der Waals surface area contributed by atoms with Crippen LogP contribution in [0.25, 0.3) is 0 Å². The van der Waals surface area contributed by atoms with Crippen LogP contribution in [0.15, 0.2) is 12.1 Å². The fraction of sp³-hybridized carbons (Fsp3) is 0.444. The largest absolute Gasteiger partial charge is 0.506 e. The van der Waals surface area contributed by atoms with Gasteiger partial charge in [0.2, 0.25) is 0 Å². The highest BCUT2D eigenvalue weighted by Gasteiger charge is 2.05. The van der Waals surface area contributed by atoms with Gasteiger partial charge in [0.25, 0.3) is 6.43 Å². The van der Waals surface area contributed by atoms with Crippen molar-refractivity contribution in [3.63, 3.8) is 0 Å². The zero-order valence-corrected chi connectivity index (χ0v) is 7.80. The quantitative estimate of drug-likeness (QED) is 0.776. The van der Waals surface area contributed by atoms with Gasteiger partial charge in [0.15, 0.2) is 0 Å². The van der Waals surface area contributed by atoms with E-state index in [1.165, 1.54) is 6.07 Å². The van der Waals surface area contributed by atoms with Crippen molar-refractivity contribution in [1.29, 1.82) is 0 Å². The Labute approximate surface area is 80.8 Å². The van der Waals surface area contributed by atoms with Crippen molar-refractivity contribution in [2.45, 2.75) is 19.9 Å². The molecule has 5 heteroatoms. The molecule has 0 aromatic carbocycles. The third kappa shape index (κ3) is 3.26. The Kier molecular flexibility index (Phi) is 3.76. The molecule has 0 aliphatic rings. The fourth-order valence-corrected chi connectivity index (χ4v) is 1.03. The molecule has 1 rings (SSSR count). The zero-order chi connectivity index (χ0) is 10.6. The van der Waals surface area contributed by atoms with E-state index in [0.717, 1.165) is 5.69 Å². The number of aryl methyl sites for hydroxylation is 1. The summed E-state index contributed by atoms with van der Waals surface area (Å²) in [5.41, 5.74) is 1.14. The number of hydrogen-bond donors (Lipinski definition) is 2. The minimum Gasteiger partial charge on any atom is -0.506 e. The zero-order valence-electron chi connectivity index (χ0n) is 7.80. The van der Waals surface area contributed by atoms with Crippen molar-refractivity contribution in [2.75, 3.05) is 6.54 Å². The minimum absolute atomic E-state index is 0.0253. The summed E-state index contributed by atoms with van der Waals surface area (Å²) in [6.07, 6.45) is -2.39. The van der Waals surface area contributed by atoms with Crippen LogP contribution in [0.3, 0.4) is 0 Å². The minimum atomic E-state index is -2.39. The first kappa shape index (κ1) is 10.8. The number of alkyl halides is 2. The average Bonchev–Trinajstić information content (AvgIpc) is 2.10. The second kappa shape index (κ2) is 4.85. The van der Waals surface area contributed by atoms with E-state index in [4.69, 9.17) is 0 Å². The maximum Gasteiger partial charge on any atom is 0.250 e. The van der Waals surface area contributed by atoms with Gasteiger partial charge in [-0.2, -0.15) is 0 Å². The van der Waals surface area contributed by atoms with E-state index >= 15 is 0 Å². The summed E-state index contributed by atoms with van der Waals surface area (Å²) >= 11 is 0. The fourth-order valence-electron chi connectivity index (χ4n) is 1.03. The van der Waals surface area contributed by atoms with Crippen LogP contribution >= 0.6 is 0 Å². The molecule has 78 valence electrons. The maximum absolute atomic E-state index is 11.8. The number of hydrogen-bond acceptors (Lipinski definition) is 3. The average molecular weight is 202 g/mol. The van der Waals surface area contributed by atoms with Crippen LogP contribution in [0.1, 0.15) is 11.4 Å². The van der Waals surface area contributed by atoms with Crippen LogP contribution in [0.4, 0.5) is 8.78 Å². The van der Waals surface area contributed by atoms with E-state index in [2.05, 4.69) is 10.3 Å². The lowest BCUT2D eigenvalue weighted by atomic mass is 10.3. The molecule has 0 amide bonds. The third-order valence-corrected chi connectivity index (χ3v) is 1.68. The number of aromatic nitrogens is 1.